The molecule has 4 amide bonds. The Bertz CT molecular complexity index is 2980. The molecular weight excluding hydrogens is 1040 g/mol. The van der Waals surface area contributed by atoms with Gasteiger partial charge in [0.25, 0.3) is 5.91 Å². The second-order valence-electron chi connectivity index (χ2n) is 19.1. The molecule has 0 radical (unpaired) electrons. The summed E-state index contributed by atoms with van der Waals surface area (Å²) in [6.45, 7) is -3.18. The number of ether oxygens (including phenoxy) is 6. The van der Waals surface area contributed by atoms with E-state index >= 15 is 8.63 Å². The molecule has 0 aliphatic carbocycles. The minimum absolute atomic E-state index is 0.125. The van der Waals surface area contributed by atoms with E-state index in [-0.39, 0.29) is 84.6 Å². The number of allylic oxidation sites excluding steroid dienone is 2. The number of thiophene rings is 1. The number of carbonyl (C=O) groups excluding carboxylic acids is 5. The first-order valence-electron chi connectivity index (χ1n) is 26.0. The second-order valence-corrected chi connectivity index (χ2v) is 20.1. The molecule has 1 unspecified atom stereocenters. The monoisotopic (exact) mass is 1110 g/mol. The predicted octanol–water partition coefficient (Wildman–Crippen LogP) is 5.55. The maximum atomic E-state index is 16.3. The van der Waals surface area contributed by atoms with Gasteiger partial charge in [0.2, 0.25) is 17.7 Å². The molecule has 0 fully saturated rings. The lowest BCUT2D eigenvalue weighted by molar-refractivity contribution is -0.359. The third kappa shape index (κ3) is 16.9. The number of nitrogens with zero attached hydrogens (tertiary/aromatic N) is 5. The summed E-state index contributed by atoms with van der Waals surface area (Å²) >= 11 is 1.40. The minimum atomic E-state index is -4.21. The minimum Gasteiger partial charge on any atom is -0.497 e. The lowest BCUT2D eigenvalue weighted by Gasteiger charge is -2.30. The highest BCUT2D eigenvalue weighted by molar-refractivity contribution is 7.12. The first kappa shape index (κ1) is 59.0. The molecule has 0 bridgehead atoms. The summed E-state index contributed by atoms with van der Waals surface area (Å²) in [6, 6.07) is 29.2. The Balaban J connectivity index is 0.701. The van der Waals surface area contributed by atoms with Crippen molar-refractivity contribution in [3.05, 3.63) is 142 Å². The van der Waals surface area contributed by atoms with Gasteiger partial charge in [-0.25, -0.2) is 0 Å². The average molecular weight is 1110 g/mol. The fourth-order valence-electron chi connectivity index (χ4n) is 8.84. The number of nitrogens with one attached hydrogen (secondary N) is 2. The zero-order chi connectivity index (χ0) is 56.3. The average Bonchev–Trinajstić information content (AvgIpc) is 4.31. The number of rotatable bonds is 31. The van der Waals surface area contributed by atoms with Gasteiger partial charge in [0, 0.05) is 69.8 Å². The van der Waals surface area contributed by atoms with Crippen LogP contribution in [0, 0.1) is 0 Å². The molecule has 22 heteroatoms. The number of hydrogen-bond acceptors (Lipinski definition) is 13. The van der Waals surface area contributed by atoms with Crippen LogP contribution in [0.2, 0.25) is 0 Å². The molecule has 0 saturated heterocycles. The number of fused-ring (bicyclic) bond motifs is 2. The van der Waals surface area contributed by atoms with Gasteiger partial charge in [-0.15, -0.1) is 11.3 Å². The van der Waals surface area contributed by atoms with E-state index < -0.39 is 36.8 Å². The van der Waals surface area contributed by atoms with Crippen molar-refractivity contribution in [2.75, 3.05) is 108 Å². The SMILES string of the molecule is COc1cccc(CCc2ccccc2OCC(CN(C)C)OC(=O)CCC(=O)N(C)CC(=O)NCCOCCOCCNC(=O)CN(C)C(=O)COc2ccc(-c3ccc4n3[B-](F)(F)[N+]3=C(c5cccs5)C=CC3=C4)cc2)c1. The number of hydrogen-bond donors (Lipinski definition) is 2. The van der Waals surface area contributed by atoms with Gasteiger partial charge in [0.1, 0.15) is 30.0 Å². The largest absolute Gasteiger partial charge is 0.737 e. The van der Waals surface area contributed by atoms with Crippen LogP contribution < -0.4 is 24.8 Å². The second kappa shape index (κ2) is 28.8. The zero-order valence-electron chi connectivity index (χ0n) is 45.2. The van der Waals surface area contributed by atoms with Crippen LogP contribution in [0.15, 0.2) is 120 Å². The van der Waals surface area contributed by atoms with E-state index in [1.165, 1.54) is 35.2 Å². The van der Waals surface area contributed by atoms with Crippen molar-refractivity contribution in [3.8, 4) is 28.5 Å². The summed E-state index contributed by atoms with van der Waals surface area (Å²) in [5.74, 6) is -0.298. The van der Waals surface area contributed by atoms with Crippen LogP contribution in [-0.4, -0.2) is 180 Å². The summed E-state index contributed by atoms with van der Waals surface area (Å²) in [6.07, 6.45) is 5.82. The van der Waals surface area contributed by atoms with Gasteiger partial charge >= 0.3 is 12.9 Å². The number of halogens is 2. The summed E-state index contributed by atoms with van der Waals surface area (Å²) in [5.41, 5.74) is 4.35. The Labute approximate surface area is 463 Å². The number of amides is 4. The van der Waals surface area contributed by atoms with Gasteiger partial charge in [0.05, 0.1) is 57.9 Å². The molecule has 420 valence electrons. The predicted molar refractivity (Wildman–Crippen MR) is 297 cm³/mol. The topological polar surface area (TPSA) is 182 Å². The molecule has 18 nitrogen and oxygen atoms in total. The van der Waals surface area contributed by atoms with Crippen LogP contribution in [0.1, 0.15) is 34.5 Å². The van der Waals surface area contributed by atoms with E-state index in [2.05, 4.69) is 16.7 Å². The number of para-hydroxylation sites is 1. The number of methoxy groups -OCH3 is 1. The van der Waals surface area contributed by atoms with E-state index in [1.807, 2.05) is 79.0 Å². The van der Waals surface area contributed by atoms with Gasteiger partial charge in [-0.3, -0.25) is 24.0 Å². The molecular formula is C57H68BF2N7O11S. The summed E-state index contributed by atoms with van der Waals surface area (Å²) in [7, 11) is 8.34. The van der Waals surface area contributed by atoms with Crippen molar-refractivity contribution in [1.29, 1.82) is 0 Å². The molecule has 0 spiro atoms. The zero-order valence-corrected chi connectivity index (χ0v) is 46.0. The molecule has 5 aromatic rings. The lowest BCUT2D eigenvalue weighted by atomic mass is 9.90. The Morgan fingerprint density at radius 1 is 0.734 bits per heavy atom. The van der Waals surface area contributed by atoms with Crippen LogP contribution in [-0.2, 0) is 51.0 Å². The van der Waals surface area contributed by atoms with Crippen LogP contribution in [0.4, 0.5) is 8.63 Å². The molecule has 2 aromatic heterocycles. The lowest BCUT2D eigenvalue weighted by Crippen LogP contribution is -2.50. The maximum Gasteiger partial charge on any atom is 0.737 e. The van der Waals surface area contributed by atoms with Gasteiger partial charge < -0.3 is 71.4 Å². The summed E-state index contributed by atoms with van der Waals surface area (Å²) < 4.78 is 68.8. The van der Waals surface area contributed by atoms with Gasteiger partial charge in [-0.2, -0.15) is 0 Å². The molecule has 79 heavy (non-hydrogen) atoms. The Morgan fingerprint density at radius 2 is 1.44 bits per heavy atom. The van der Waals surface area contributed by atoms with E-state index in [9.17, 15) is 24.0 Å². The highest BCUT2D eigenvalue weighted by atomic mass is 32.1. The molecule has 2 aliphatic heterocycles. The number of aryl methyl sites for hydroxylation is 2. The molecule has 4 heterocycles. The van der Waals surface area contributed by atoms with Crippen molar-refractivity contribution in [3.63, 3.8) is 0 Å². The van der Waals surface area contributed by atoms with Crippen LogP contribution >= 0.6 is 11.3 Å². The van der Waals surface area contributed by atoms with E-state index in [4.69, 9.17) is 28.4 Å². The highest BCUT2D eigenvalue weighted by Crippen LogP contribution is 2.37. The Morgan fingerprint density at radius 3 is 2.13 bits per heavy atom. The standard InChI is InChI=1S/C57H68BF2N7O11S/c1-63(2)36-48(39-77-51-13-7-6-11-43(51)16-15-41-10-8-12-47(34-41)73-5)78-57(72)26-25-55(70)64(3)37-53(68)61-27-29-74-31-32-75-30-28-62-54(69)38-65(4)56(71)40-76-46-21-17-42(18-22-46)49-23-19-44-35-45-20-24-50(52-14-9-33-79-52)67(45)58(59,60)66(44)49/h6-14,17-24,33-35,48H,15-16,25-32,36-40H2,1-5H3,(H,61,68)(H,62,69). The highest BCUT2D eigenvalue weighted by Gasteiger charge is 2.53. The normalized spacial score (nSPS) is 13.5. The summed E-state index contributed by atoms with van der Waals surface area (Å²) in [5, 5.41) is 7.25. The quantitative estimate of drug-likeness (QED) is 0.0321. The molecule has 1 atom stereocenters. The smallest absolute Gasteiger partial charge is 0.497 e. The number of likely N-dealkylation sites (N-methyl/N-ethyl adjacent to an activating group) is 3. The van der Waals surface area contributed by atoms with Crippen LogP contribution in [0.25, 0.3) is 17.3 Å². The van der Waals surface area contributed by atoms with E-state index in [1.54, 1.807) is 61.7 Å². The fraction of sp³-hybridized carbons (Fsp3) is 0.368. The number of benzene rings is 3. The van der Waals surface area contributed by atoms with Crippen molar-refractivity contribution < 1.29 is 65.5 Å². The molecule has 2 aliphatic rings. The first-order chi connectivity index (χ1) is 38.1. The third-order valence-electron chi connectivity index (χ3n) is 12.8. The Hall–Kier alpha value is -7.66. The van der Waals surface area contributed by atoms with Gasteiger partial charge in [0.15, 0.2) is 18.0 Å². The summed E-state index contributed by atoms with van der Waals surface area (Å²) in [4.78, 5) is 68.6. The fourth-order valence-corrected chi connectivity index (χ4v) is 9.59. The van der Waals surface area contributed by atoms with Crippen molar-refractivity contribution >= 4 is 59.7 Å². The number of carbonyl (C=O) groups is 5. The van der Waals surface area contributed by atoms with Crippen molar-refractivity contribution in [2.24, 2.45) is 0 Å². The van der Waals surface area contributed by atoms with Crippen molar-refractivity contribution in [2.45, 2.75) is 31.8 Å². The molecule has 2 N–H and O–H groups in total. The Kier molecular flexibility index (Phi) is 21.5. The van der Waals surface area contributed by atoms with E-state index in [0.29, 0.717) is 46.4 Å². The van der Waals surface area contributed by atoms with Gasteiger partial charge in [-0.1, -0.05) is 36.4 Å². The third-order valence-corrected chi connectivity index (χ3v) is 13.7. The molecule has 7 rings (SSSR count). The van der Waals surface area contributed by atoms with E-state index in [0.717, 1.165) is 43.6 Å². The van der Waals surface area contributed by atoms with Gasteiger partial charge in [-0.05, 0) is 110 Å². The van der Waals surface area contributed by atoms with Crippen molar-refractivity contribution in [1.82, 2.24) is 29.8 Å². The van der Waals surface area contributed by atoms with Crippen LogP contribution in [0.5, 0.6) is 17.2 Å². The number of aromatic nitrogens is 1. The maximum absolute atomic E-state index is 16.3. The molecule has 0 saturated carbocycles. The number of esters is 1. The molecule has 3 aromatic carbocycles. The first-order valence-corrected chi connectivity index (χ1v) is 26.9. The van der Waals surface area contributed by atoms with Crippen LogP contribution in [0.3, 0.4) is 0 Å².